The largest absolute Gasteiger partial charge is 0.445 e. The van der Waals surface area contributed by atoms with Crippen molar-refractivity contribution in [1.82, 2.24) is 4.90 Å². The Morgan fingerprint density at radius 1 is 1.42 bits per heavy atom. The van der Waals surface area contributed by atoms with E-state index < -0.39 is 0 Å². The number of hydrogen-bond acceptors (Lipinski definition) is 3. The number of rotatable bonds is 3. The van der Waals surface area contributed by atoms with Crippen molar-refractivity contribution in [3.05, 3.63) is 35.9 Å². The number of benzene rings is 1. The average Bonchev–Trinajstić information content (AvgIpc) is 2.46. The van der Waals surface area contributed by atoms with Gasteiger partial charge in [-0.05, 0) is 5.56 Å². The molecule has 0 bridgehead atoms. The minimum atomic E-state index is -0.324. The van der Waals surface area contributed by atoms with Gasteiger partial charge in [-0.15, -0.1) is 0 Å². The van der Waals surface area contributed by atoms with Gasteiger partial charge in [-0.1, -0.05) is 37.2 Å². The second-order valence-electron chi connectivity index (χ2n) is 4.81. The van der Waals surface area contributed by atoms with Gasteiger partial charge in [0.1, 0.15) is 19.7 Å². The monoisotopic (exact) mass is 259 g/mol. The van der Waals surface area contributed by atoms with Crippen LogP contribution >= 0.6 is 0 Å². The summed E-state index contributed by atoms with van der Waals surface area (Å²) in [5.41, 5.74) is 0.968. The molecule has 2 rings (SSSR count). The van der Waals surface area contributed by atoms with E-state index in [1.54, 1.807) is 4.90 Å². The predicted octanol–water partition coefficient (Wildman–Crippen LogP) is 1.87. The van der Waals surface area contributed by atoms with E-state index in [-0.39, 0.29) is 24.3 Å². The highest BCUT2D eigenvalue weighted by atomic mass is 16.6. The Kier molecular flexibility index (Phi) is 4.60. The van der Waals surface area contributed by atoms with Gasteiger partial charge in [0, 0.05) is 25.3 Å². The molecule has 0 N–H and O–H groups in total. The Morgan fingerprint density at radius 3 is 2.84 bits per heavy atom. The van der Waals surface area contributed by atoms with Crippen molar-refractivity contribution < 1.29 is 14.3 Å². The van der Waals surface area contributed by atoms with Crippen LogP contribution in [0.1, 0.15) is 12.0 Å². The SMILES string of the molecule is CBC1CN(C(=O)OCc2ccccc2)CCC1=O. The number of nitrogens with zero attached hydrogens (tertiary/aromatic N) is 1. The summed E-state index contributed by atoms with van der Waals surface area (Å²) in [4.78, 5) is 25.2. The first kappa shape index (κ1) is 13.7. The lowest BCUT2D eigenvalue weighted by Crippen LogP contribution is -2.43. The van der Waals surface area contributed by atoms with Gasteiger partial charge in [0.2, 0.25) is 0 Å². The molecule has 1 aromatic rings. The number of ketones is 1. The Balaban J connectivity index is 1.85. The smallest absolute Gasteiger partial charge is 0.410 e. The normalized spacial score (nSPS) is 19.1. The van der Waals surface area contributed by atoms with Crippen LogP contribution in [-0.2, 0) is 16.1 Å². The summed E-state index contributed by atoms with van der Waals surface area (Å²) in [6.07, 6.45) is 0.119. The summed E-state index contributed by atoms with van der Waals surface area (Å²) in [5.74, 6) is 0.229. The number of carbonyl (C=O) groups excluding carboxylic acids is 2. The molecule has 1 atom stereocenters. The molecular formula is C14H18BNO3. The van der Waals surface area contributed by atoms with Gasteiger partial charge >= 0.3 is 6.09 Å². The van der Waals surface area contributed by atoms with Crippen molar-refractivity contribution >= 4 is 19.2 Å². The van der Waals surface area contributed by atoms with Crippen molar-refractivity contribution in [2.45, 2.75) is 25.7 Å². The fourth-order valence-corrected chi connectivity index (χ4v) is 2.24. The van der Waals surface area contributed by atoms with Crippen LogP contribution in [0.25, 0.3) is 0 Å². The molecule has 1 aliphatic rings. The Morgan fingerprint density at radius 2 is 2.16 bits per heavy atom. The number of hydrogen-bond donors (Lipinski definition) is 0. The Hall–Kier alpha value is -1.78. The summed E-state index contributed by atoms with van der Waals surface area (Å²) in [7, 11) is 0.779. The summed E-state index contributed by atoms with van der Waals surface area (Å²) < 4.78 is 5.27. The van der Waals surface area contributed by atoms with Gasteiger partial charge in [-0.3, -0.25) is 0 Å². The average molecular weight is 259 g/mol. The van der Waals surface area contributed by atoms with E-state index in [4.69, 9.17) is 4.74 Å². The highest BCUT2D eigenvalue weighted by molar-refractivity contribution is 6.43. The van der Waals surface area contributed by atoms with Crippen molar-refractivity contribution in [1.29, 1.82) is 0 Å². The van der Waals surface area contributed by atoms with Crippen LogP contribution < -0.4 is 0 Å². The van der Waals surface area contributed by atoms with E-state index in [0.717, 1.165) is 12.8 Å². The van der Waals surface area contributed by atoms with Gasteiger partial charge in [-0.2, -0.15) is 0 Å². The number of piperidine rings is 1. The number of amides is 1. The van der Waals surface area contributed by atoms with E-state index in [1.165, 1.54) is 0 Å². The molecule has 1 aromatic carbocycles. The molecule has 1 saturated heterocycles. The zero-order valence-electron chi connectivity index (χ0n) is 11.2. The molecule has 19 heavy (non-hydrogen) atoms. The van der Waals surface area contributed by atoms with Crippen molar-refractivity contribution in [2.75, 3.05) is 13.1 Å². The lowest BCUT2D eigenvalue weighted by Gasteiger charge is -2.30. The van der Waals surface area contributed by atoms with E-state index >= 15 is 0 Å². The van der Waals surface area contributed by atoms with Gasteiger partial charge in [0.15, 0.2) is 0 Å². The van der Waals surface area contributed by atoms with Crippen LogP contribution in [0.5, 0.6) is 0 Å². The fourth-order valence-electron chi connectivity index (χ4n) is 2.24. The zero-order chi connectivity index (χ0) is 13.7. The van der Waals surface area contributed by atoms with Crippen molar-refractivity contribution in [3.8, 4) is 0 Å². The zero-order valence-corrected chi connectivity index (χ0v) is 11.2. The minimum absolute atomic E-state index is 0.0296. The fraction of sp³-hybridized carbons (Fsp3) is 0.429. The number of ether oxygens (including phenoxy) is 1. The van der Waals surface area contributed by atoms with Crippen molar-refractivity contribution in [3.63, 3.8) is 0 Å². The molecule has 1 amide bonds. The second-order valence-corrected chi connectivity index (χ2v) is 4.81. The molecule has 1 aliphatic heterocycles. The first-order chi connectivity index (χ1) is 9.20. The summed E-state index contributed by atoms with van der Waals surface area (Å²) in [5, 5.41) is 0. The minimum Gasteiger partial charge on any atom is -0.445 e. The Labute approximate surface area is 114 Å². The molecule has 0 radical (unpaired) electrons. The quantitative estimate of drug-likeness (QED) is 0.778. The lowest BCUT2D eigenvalue weighted by molar-refractivity contribution is -0.121. The lowest BCUT2D eigenvalue weighted by atomic mass is 9.63. The molecule has 4 nitrogen and oxygen atoms in total. The third-order valence-corrected chi connectivity index (χ3v) is 3.48. The summed E-state index contributed by atoms with van der Waals surface area (Å²) in [6, 6.07) is 9.59. The van der Waals surface area contributed by atoms with Gasteiger partial charge in [0.05, 0.1) is 0 Å². The summed E-state index contributed by atoms with van der Waals surface area (Å²) in [6.45, 7) is 3.22. The maximum absolute atomic E-state index is 11.9. The topological polar surface area (TPSA) is 46.6 Å². The van der Waals surface area contributed by atoms with Crippen LogP contribution in [-0.4, -0.2) is 37.1 Å². The maximum atomic E-state index is 11.9. The first-order valence-corrected chi connectivity index (χ1v) is 6.69. The van der Waals surface area contributed by atoms with Crippen LogP contribution in [0.2, 0.25) is 12.6 Å². The molecule has 100 valence electrons. The third kappa shape index (κ3) is 3.59. The molecule has 1 heterocycles. The van der Waals surface area contributed by atoms with E-state index in [9.17, 15) is 9.59 Å². The van der Waals surface area contributed by atoms with E-state index in [2.05, 4.69) is 0 Å². The molecule has 0 aliphatic carbocycles. The van der Waals surface area contributed by atoms with Gasteiger partial charge in [0.25, 0.3) is 0 Å². The maximum Gasteiger partial charge on any atom is 0.410 e. The standard InChI is InChI=1S/C14H18BNO3/c1-15-12-9-16(8-7-13(12)17)14(18)19-10-11-5-3-2-4-6-11/h2-6,12,15H,7-10H2,1H3. The van der Waals surface area contributed by atoms with Gasteiger partial charge in [-0.25, -0.2) is 4.79 Å². The number of carbonyl (C=O) groups is 2. The Bertz CT molecular complexity index is 449. The number of likely N-dealkylation sites (tertiary alicyclic amines) is 1. The van der Waals surface area contributed by atoms with Crippen LogP contribution in [0, 0.1) is 0 Å². The number of Topliss-reactive ketones (excluding diaryl/α,β-unsaturated/α-hetero) is 1. The molecule has 1 unspecified atom stereocenters. The van der Waals surface area contributed by atoms with Crippen LogP contribution in [0.15, 0.2) is 30.3 Å². The molecule has 5 heteroatoms. The van der Waals surface area contributed by atoms with Crippen molar-refractivity contribution in [2.24, 2.45) is 0 Å². The van der Waals surface area contributed by atoms with Gasteiger partial charge < -0.3 is 14.4 Å². The predicted molar refractivity (Wildman–Crippen MR) is 74.6 cm³/mol. The van der Waals surface area contributed by atoms with Crippen LogP contribution in [0.4, 0.5) is 4.79 Å². The molecule has 0 spiro atoms. The second kappa shape index (κ2) is 6.41. The molecule has 0 saturated carbocycles. The summed E-state index contributed by atoms with van der Waals surface area (Å²) >= 11 is 0. The third-order valence-electron chi connectivity index (χ3n) is 3.48. The molecular weight excluding hydrogens is 241 g/mol. The van der Waals surface area contributed by atoms with Crippen LogP contribution in [0.3, 0.4) is 0 Å². The first-order valence-electron chi connectivity index (χ1n) is 6.69. The highest BCUT2D eigenvalue weighted by Gasteiger charge is 2.29. The van der Waals surface area contributed by atoms with E-state index in [0.29, 0.717) is 19.5 Å². The van der Waals surface area contributed by atoms with E-state index in [1.807, 2.05) is 37.2 Å². The molecule has 1 fully saturated rings. The molecule has 0 aromatic heterocycles. The highest BCUT2D eigenvalue weighted by Crippen LogP contribution is 2.18.